The number of carbonyl (C=O) groups excluding carboxylic acids is 1. The Balaban J connectivity index is 2.17. The summed E-state index contributed by atoms with van der Waals surface area (Å²) in [6.07, 6.45) is 0. The molecule has 1 aromatic heterocycles. The number of nitrogens with zero attached hydrogens (tertiary/aromatic N) is 2. The number of nitrogens with one attached hydrogen (secondary N) is 2. The molecule has 0 radical (unpaired) electrons. The number of nitrogens with two attached hydrogens (primary N) is 1. The predicted molar refractivity (Wildman–Crippen MR) is 72.4 cm³/mol. The van der Waals surface area contributed by atoms with Gasteiger partial charge < -0.3 is 11.1 Å². The van der Waals surface area contributed by atoms with Crippen molar-refractivity contribution < 1.29 is 9.72 Å². The normalized spacial score (nSPS) is 10.4. The third-order valence-corrected chi connectivity index (χ3v) is 3.17. The highest BCUT2D eigenvalue weighted by Gasteiger charge is 2.11. The molecule has 0 aliphatic rings. The number of carbonyl (C=O) groups is 1. The van der Waals surface area contributed by atoms with E-state index in [1.807, 2.05) is 0 Å². The van der Waals surface area contributed by atoms with Crippen LogP contribution >= 0.6 is 11.3 Å². The van der Waals surface area contributed by atoms with Gasteiger partial charge >= 0.3 is 6.03 Å². The van der Waals surface area contributed by atoms with Crippen molar-refractivity contribution in [2.75, 3.05) is 18.4 Å². The molecule has 0 saturated carbocycles. The Bertz CT molecular complexity index is 627. The van der Waals surface area contributed by atoms with Crippen molar-refractivity contribution in [3.63, 3.8) is 0 Å². The van der Waals surface area contributed by atoms with Crippen LogP contribution in [0.5, 0.6) is 0 Å². The summed E-state index contributed by atoms with van der Waals surface area (Å²) in [5, 5.41) is 16.1. The van der Waals surface area contributed by atoms with Gasteiger partial charge in [0, 0.05) is 25.2 Å². The Labute approximate surface area is 111 Å². The van der Waals surface area contributed by atoms with Gasteiger partial charge in [-0.25, -0.2) is 9.78 Å². The minimum atomic E-state index is -0.472. The van der Waals surface area contributed by atoms with Crippen molar-refractivity contribution in [2.24, 2.45) is 5.73 Å². The molecule has 0 aliphatic heterocycles. The maximum Gasteiger partial charge on any atom is 0.321 e. The van der Waals surface area contributed by atoms with E-state index in [2.05, 4.69) is 15.6 Å². The standard InChI is InChI=1S/C10H11N5O3S/c11-3-4-12-9(16)14-10-13-7-2-1-6(15(17)18)5-8(7)19-10/h1-2,5H,3-4,11H2,(H2,12,13,14,16). The topological polar surface area (TPSA) is 123 Å². The Kier molecular flexibility index (Phi) is 3.88. The molecule has 2 amide bonds. The van der Waals surface area contributed by atoms with Crippen molar-refractivity contribution in [2.45, 2.75) is 0 Å². The summed E-state index contributed by atoms with van der Waals surface area (Å²) in [5.74, 6) is 0. The van der Waals surface area contributed by atoms with Gasteiger partial charge in [-0.1, -0.05) is 11.3 Å². The number of aromatic nitrogens is 1. The summed E-state index contributed by atoms with van der Waals surface area (Å²) >= 11 is 1.17. The van der Waals surface area contributed by atoms with Crippen molar-refractivity contribution in [3.8, 4) is 0 Å². The van der Waals surface area contributed by atoms with Crippen LogP contribution in [0.4, 0.5) is 15.6 Å². The Morgan fingerprint density at radius 3 is 3.00 bits per heavy atom. The minimum absolute atomic E-state index is 0.00437. The molecular formula is C10H11N5O3S. The first-order valence-corrected chi connectivity index (χ1v) is 6.21. The van der Waals surface area contributed by atoms with Crippen LogP contribution in [-0.2, 0) is 0 Å². The molecule has 1 heterocycles. The summed E-state index contributed by atoms with van der Waals surface area (Å²) in [4.78, 5) is 25.7. The van der Waals surface area contributed by atoms with Crippen LogP contribution in [0.1, 0.15) is 0 Å². The Morgan fingerprint density at radius 2 is 2.32 bits per heavy atom. The predicted octanol–water partition coefficient (Wildman–Crippen LogP) is 1.28. The quantitative estimate of drug-likeness (QED) is 0.575. The van der Waals surface area contributed by atoms with Crippen LogP contribution in [0, 0.1) is 10.1 Å². The molecule has 0 aliphatic carbocycles. The lowest BCUT2D eigenvalue weighted by Crippen LogP contribution is -2.32. The monoisotopic (exact) mass is 281 g/mol. The van der Waals surface area contributed by atoms with Crippen LogP contribution in [0.2, 0.25) is 0 Å². The van der Waals surface area contributed by atoms with Gasteiger partial charge in [0.05, 0.1) is 15.1 Å². The molecule has 9 heteroatoms. The maximum absolute atomic E-state index is 11.4. The van der Waals surface area contributed by atoms with Crippen LogP contribution in [0.3, 0.4) is 0 Å². The molecule has 2 rings (SSSR count). The summed E-state index contributed by atoms with van der Waals surface area (Å²) in [5.41, 5.74) is 5.85. The number of rotatable bonds is 4. The summed E-state index contributed by atoms with van der Waals surface area (Å²) in [6, 6.07) is 3.95. The molecule has 0 fully saturated rings. The Morgan fingerprint density at radius 1 is 1.53 bits per heavy atom. The molecule has 0 bridgehead atoms. The molecule has 0 saturated heterocycles. The van der Waals surface area contributed by atoms with Crippen molar-refractivity contribution in [3.05, 3.63) is 28.3 Å². The van der Waals surface area contributed by atoms with Gasteiger partial charge in [-0.15, -0.1) is 0 Å². The molecule has 8 nitrogen and oxygen atoms in total. The lowest BCUT2D eigenvalue weighted by molar-refractivity contribution is -0.384. The molecule has 0 atom stereocenters. The highest BCUT2D eigenvalue weighted by atomic mass is 32.1. The minimum Gasteiger partial charge on any atom is -0.337 e. The smallest absolute Gasteiger partial charge is 0.321 e. The molecular weight excluding hydrogens is 270 g/mol. The van der Waals surface area contributed by atoms with E-state index in [0.29, 0.717) is 28.4 Å². The fourth-order valence-corrected chi connectivity index (χ4v) is 2.30. The van der Waals surface area contributed by atoms with E-state index in [0.717, 1.165) is 0 Å². The number of non-ortho nitro benzene ring substituents is 1. The molecule has 2 aromatic rings. The van der Waals surface area contributed by atoms with E-state index >= 15 is 0 Å². The van der Waals surface area contributed by atoms with E-state index in [9.17, 15) is 14.9 Å². The van der Waals surface area contributed by atoms with Crippen molar-refractivity contribution in [1.29, 1.82) is 0 Å². The molecule has 1 aromatic carbocycles. The van der Waals surface area contributed by atoms with E-state index in [4.69, 9.17) is 5.73 Å². The Hall–Kier alpha value is -2.26. The number of urea groups is 1. The second-order valence-corrected chi connectivity index (χ2v) is 4.63. The zero-order valence-corrected chi connectivity index (χ0v) is 10.6. The van der Waals surface area contributed by atoms with E-state index in [-0.39, 0.29) is 5.69 Å². The SMILES string of the molecule is NCCNC(=O)Nc1nc2ccc([N+](=O)[O-])cc2s1. The molecule has 0 spiro atoms. The summed E-state index contributed by atoms with van der Waals surface area (Å²) < 4.78 is 0.642. The number of amides is 2. The molecule has 0 unspecified atom stereocenters. The molecule has 4 N–H and O–H groups in total. The van der Waals surface area contributed by atoms with Crippen molar-refractivity contribution in [1.82, 2.24) is 10.3 Å². The average Bonchev–Trinajstić information content (AvgIpc) is 2.77. The second kappa shape index (κ2) is 5.59. The number of hydrogen-bond donors (Lipinski definition) is 3. The van der Waals surface area contributed by atoms with Gasteiger partial charge in [0.1, 0.15) is 0 Å². The lowest BCUT2D eigenvalue weighted by atomic mass is 10.3. The largest absolute Gasteiger partial charge is 0.337 e. The van der Waals surface area contributed by atoms with Gasteiger partial charge in [0.15, 0.2) is 5.13 Å². The highest BCUT2D eigenvalue weighted by Crippen LogP contribution is 2.28. The van der Waals surface area contributed by atoms with Gasteiger partial charge in [0.2, 0.25) is 0 Å². The van der Waals surface area contributed by atoms with Crippen molar-refractivity contribution >= 4 is 38.4 Å². The molecule has 100 valence electrons. The van der Waals surface area contributed by atoms with Gasteiger partial charge in [-0.2, -0.15) is 0 Å². The first-order valence-electron chi connectivity index (χ1n) is 5.40. The number of benzene rings is 1. The van der Waals surface area contributed by atoms with Crippen LogP contribution in [0.25, 0.3) is 10.2 Å². The zero-order valence-electron chi connectivity index (χ0n) is 9.75. The first-order chi connectivity index (χ1) is 9.10. The van der Waals surface area contributed by atoms with E-state index in [1.54, 1.807) is 6.07 Å². The van der Waals surface area contributed by atoms with E-state index in [1.165, 1.54) is 23.5 Å². The number of nitro benzene ring substituents is 1. The second-order valence-electron chi connectivity index (χ2n) is 3.60. The summed E-state index contributed by atoms with van der Waals surface area (Å²) in [7, 11) is 0. The number of fused-ring (bicyclic) bond motifs is 1. The van der Waals surface area contributed by atoms with Crippen LogP contribution < -0.4 is 16.4 Å². The number of hydrogen-bond acceptors (Lipinski definition) is 6. The fourth-order valence-electron chi connectivity index (χ4n) is 1.41. The third-order valence-electron chi connectivity index (χ3n) is 2.23. The zero-order chi connectivity index (χ0) is 13.8. The fraction of sp³-hybridized carbons (Fsp3) is 0.200. The van der Waals surface area contributed by atoms with Gasteiger partial charge in [-0.3, -0.25) is 15.4 Å². The lowest BCUT2D eigenvalue weighted by Gasteiger charge is -2.02. The third kappa shape index (κ3) is 3.14. The van der Waals surface area contributed by atoms with Crippen LogP contribution in [0.15, 0.2) is 18.2 Å². The first kappa shape index (κ1) is 13.2. The average molecular weight is 281 g/mol. The maximum atomic E-state index is 11.4. The van der Waals surface area contributed by atoms with E-state index < -0.39 is 11.0 Å². The van der Waals surface area contributed by atoms with Gasteiger partial charge in [-0.05, 0) is 6.07 Å². The number of thiazole rings is 1. The van der Waals surface area contributed by atoms with Crippen LogP contribution in [-0.4, -0.2) is 29.0 Å². The number of anilines is 1. The summed E-state index contributed by atoms with van der Waals surface area (Å²) in [6.45, 7) is 0.710. The number of nitro groups is 1. The molecule has 19 heavy (non-hydrogen) atoms. The van der Waals surface area contributed by atoms with Gasteiger partial charge in [0.25, 0.3) is 5.69 Å². The highest BCUT2D eigenvalue weighted by molar-refractivity contribution is 7.22.